The van der Waals surface area contributed by atoms with Crippen molar-refractivity contribution in [2.24, 2.45) is 0 Å². The smallest absolute Gasteiger partial charge is 0.124 e. The highest BCUT2D eigenvalue weighted by atomic mass is 16.5. The van der Waals surface area contributed by atoms with Gasteiger partial charge in [-0.2, -0.15) is 0 Å². The Morgan fingerprint density at radius 3 is 2.65 bits per heavy atom. The minimum absolute atomic E-state index is 0.300. The molecule has 1 aliphatic heterocycles. The maximum Gasteiger partial charge on any atom is 0.124 e. The van der Waals surface area contributed by atoms with Gasteiger partial charge in [-0.25, -0.2) is 0 Å². The zero-order valence-corrected chi connectivity index (χ0v) is 13.0. The summed E-state index contributed by atoms with van der Waals surface area (Å²) in [6, 6.07) is 4.37. The first-order chi connectivity index (χ1) is 9.60. The Morgan fingerprint density at radius 2 is 2.05 bits per heavy atom. The van der Waals surface area contributed by atoms with Gasteiger partial charge in [0.1, 0.15) is 5.75 Å². The number of aryl methyl sites for hydroxylation is 2. The molecule has 0 radical (unpaired) electrons. The molecule has 1 saturated heterocycles. The lowest BCUT2D eigenvalue weighted by Gasteiger charge is -2.30. The summed E-state index contributed by atoms with van der Waals surface area (Å²) in [7, 11) is 3.87. The number of ether oxygens (including phenoxy) is 2. The van der Waals surface area contributed by atoms with Crippen LogP contribution in [0.5, 0.6) is 5.75 Å². The summed E-state index contributed by atoms with van der Waals surface area (Å²) in [6.45, 7) is 8.83. The minimum atomic E-state index is 0.300. The van der Waals surface area contributed by atoms with Crippen molar-refractivity contribution in [3.8, 4) is 5.75 Å². The van der Waals surface area contributed by atoms with Gasteiger partial charge in [0.15, 0.2) is 0 Å². The molecular formula is C16H26N2O2. The molecule has 0 unspecified atom stereocenters. The molecule has 1 fully saturated rings. The van der Waals surface area contributed by atoms with Crippen LogP contribution in [0.3, 0.4) is 0 Å². The van der Waals surface area contributed by atoms with Crippen LogP contribution in [0.1, 0.15) is 16.7 Å². The highest BCUT2D eigenvalue weighted by molar-refractivity contribution is 5.43. The van der Waals surface area contributed by atoms with Crippen LogP contribution in [-0.2, 0) is 11.3 Å². The van der Waals surface area contributed by atoms with Crippen LogP contribution in [0.25, 0.3) is 0 Å². The van der Waals surface area contributed by atoms with Crippen molar-refractivity contribution >= 4 is 0 Å². The number of hydrogen-bond acceptors (Lipinski definition) is 4. The molecule has 0 aliphatic carbocycles. The number of methoxy groups -OCH3 is 1. The van der Waals surface area contributed by atoms with E-state index >= 15 is 0 Å². The van der Waals surface area contributed by atoms with E-state index in [9.17, 15) is 0 Å². The standard InChI is InChI=1S/C16H26N2O2/c1-12-7-14(8-13(2)16(12)19-4)9-17-10-15-11-18(3)5-6-20-15/h7-8,15,17H,5-6,9-11H2,1-4H3/t15-/m1/s1. The second kappa shape index (κ2) is 7.07. The van der Waals surface area contributed by atoms with Gasteiger partial charge in [0.2, 0.25) is 0 Å². The Bertz CT molecular complexity index is 425. The normalized spacial score (nSPS) is 20.1. The number of morpholine rings is 1. The largest absolute Gasteiger partial charge is 0.496 e. The van der Waals surface area contributed by atoms with Crippen LogP contribution in [0.2, 0.25) is 0 Å². The molecule has 1 aromatic rings. The fourth-order valence-electron chi connectivity index (χ4n) is 2.83. The van der Waals surface area contributed by atoms with Crippen molar-refractivity contribution in [1.29, 1.82) is 0 Å². The minimum Gasteiger partial charge on any atom is -0.496 e. The van der Waals surface area contributed by atoms with Gasteiger partial charge in [-0.15, -0.1) is 0 Å². The number of nitrogens with one attached hydrogen (secondary N) is 1. The molecule has 0 saturated carbocycles. The molecule has 2 rings (SSSR count). The van der Waals surface area contributed by atoms with Gasteiger partial charge in [0, 0.05) is 26.2 Å². The molecule has 1 aliphatic rings. The van der Waals surface area contributed by atoms with E-state index in [4.69, 9.17) is 9.47 Å². The van der Waals surface area contributed by atoms with Gasteiger partial charge in [0.05, 0.1) is 19.8 Å². The number of nitrogens with zero attached hydrogens (tertiary/aromatic N) is 1. The van der Waals surface area contributed by atoms with Crippen LogP contribution < -0.4 is 10.1 Å². The van der Waals surface area contributed by atoms with E-state index in [0.717, 1.165) is 38.5 Å². The summed E-state index contributed by atoms with van der Waals surface area (Å²) in [5, 5.41) is 3.49. The molecule has 1 heterocycles. The van der Waals surface area contributed by atoms with Crippen molar-refractivity contribution in [2.45, 2.75) is 26.5 Å². The van der Waals surface area contributed by atoms with E-state index < -0.39 is 0 Å². The molecule has 0 spiro atoms. The second-order valence-electron chi connectivity index (χ2n) is 5.65. The summed E-state index contributed by atoms with van der Waals surface area (Å²) in [5.41, 5.74) is 3.68. The molecule has 4 nitrogen and oxygen atoms in total. The Morgan fingerprint density at radius 1 is 1.35 bits per heavy atom. The van der Waals surface area contributed by atoms with Gasteiger partial charge in [-0.05, 0) is 37.6 Å². The van der Waals surface area contributed by atoms with E-state index in [2.05, 4.69) is 43.2 Å². The molecule has 1 N–H and O–H groups in total. The fraction of sp³-hybridized carbons (Fsp3) is 0.625. The lowest BCUT2D eigenvalue weighted by atomic mass is 10.1. The molecular weight excluding hydrogens is 252 g/mol. The summed E-state index contributed by atoms with van der Waals surface area (Å²) < 4.78 is 11.1. The highest BCUT2D eigenvalue weighted by Gasteiger charge is 2.16. The Labute approximate surface area is 122 Å². The van der Waals surface area contributed by atoms with Crippen LogP contribution in [0, 0.1) is 13.8 Å². The van der Waals surface area contributed by atoms with Gasteiger partial charge < -0.3 is 19.7 Å². The van der Waals surface area contributed by atoms with Crippen molar-refractivity contribution < 1.29 is 9.47 Å². The van der Waals surface area contributed by atoms with Crippen molar-refractivity contribution in [3.05, 3.63) is 28.8 Å². The van der Waals surface area contributed by atoms with E-state index in [0.29, 0.717) is 6.10 Å². The number of likely N-dealkylation sites (N-methyl/N-ethyl adjacent to an activating group) is 1. The summed E-state index contributed by atoms with van der Waals surface area (Å²) in [4.78, 5) is 2.32. The monoisotopic (exact) mass is 278 g/mol. The first-order valence-electron chi connectivity index (χ1n) is 7.25. The maximum absolute atomic E-state index is 5.75. The van der Waals surface area contributed by atoms with E-state index in [1.165, 1.54) is 16.7 Å². The molecule has 20 heavy (non-hydrogen) atoms. The van der Waals surface area contributed by atoms with Crippen LogP contribution in [0.4, 0.5) is 0 Å². The molecule has 4 heteroatoms. The van der Waals surface area contributed by atoms with Crippen molar-refractivity contribution in [2.75, 3.05) is 40.4 Å². The molecule has 0 amide bonds. The topological polar surface area (TPSA) is 33.7 Å². The lowest BCUT2D eigenvalue weighted by Crippen LogP contribution is -2.44. The van der Waals surface area contributed by atoms with Gasteiger partial charge in [-0.3, -0.25) is 0 Å². The quantitative estimate of drug-likeness (QED) is 0.889. The SMILES string of the molecule is COc1c(C)cc(CNC[C@@H]2CN(C)CCO2)cc1C. The summed E-state index contributed by atoms with van der Waals surface area (Å²) in [6.07, 6.45) is 0.300. The summed E-state index contributed by atoms with van der Waals surface area (Å²) in [5.74, 6) is 0.992. The Kier molecular flexibility index (Phi) is 5.40. The molecule has 0 bridgehead atoms. The highest BCUT2D eigenvalue weighted by Crippen LogP contribution is 2.24. The molecule has 1 aromatic carbocycles. The predicted molar refractivity (Wildman–Crippen MR) is 81.4 cm³/mol. The first kappa shape index (κ1) is 15.3. The van der Waals surface area contributed by atoms with Crippen LogP contribution in [-0.4, -0.2) is 51.4 Å². The van der Waals surface area contributed by atoms with E-state index in [1.54, 1.807) is 7.11 Å². The lowest BCUT2D eigenvalue weighted by molar-refractivity contribution is -0.0182. The second-order valence-corrected chi connectivity index (χ2v) is 5.65. The molecule has 112 valence electrons. The van der Waals surface area contributed by atoms with Gasteiger partial charge in [-0.1, -0.05) is 12.1 Å². The molecule has 0 aromatic heterocycles. The summed E-state index contributed by atoms with van der Waals surface area (Å²) >= 11 is 0. The number of hydrogen-bond donors (Lipinski definition) is 1. The average Bonchev–Trinajstić information content (AvgIpc) is 2.38. The van der Waals surface area contributed by atoms with E-state index in [-0.39, 0.29) is 0 Å². The van der Waals surface area contributed by atoms with Gasteiger partial charge >= 0.3 is 0 Å². The third-order valence-electron chi connectivity index (χ3n) is 3.77. The Balaban J connectivity index is 1.85. The van der Waals surface area contributed by atoms with Crippen molar-refractivity contribution in [3.63, 3.8) is 0 Å². The average molecular weight is 278 g/mol. The number of benzene rings is 1. The Hall–Kier alpha value is -1.10. The van der Waals surface area contributed by atoms with Crippen LogP contribution in [0.15, 0.2) is 12.1 Å². The third-order valence-corrected chi connectivity index (χ3v) is 3.77. The molecule has 1 atom stereocenters. The zero-order chi connectivity index (χ0) is 14.5. The first-order valence-corrected chi connectivity index (χ1v) is 7.25. The van der Waals surface area contributed by atoms with Crippen molar-refractivity contribution in [1.82, 2.24) is 10.2 Å². The fourth-order valence-corrected chi connectivity index (χ4v) is 2.83. The maximum atomic E-state index is 5.75. The van der Waals surface area contributed by atoms with Crippen LogP contribution >= 0.6 is 0 Å². The van der Waals surface area contributed by atoms with E-state index in [1.807, 2.05) is 0 Å². The predicted octanol–water partition coefficient (Wildman–Crippen LogP) is 1.73. The number of rotatable bonds is 5. The zero-order valence-electron chi connectivity index (χ0n) is 13.0. The third kappa shape index (κ3) is 3.95. The van der Waals surface area contributed by atoms with Gasteiger partial charge in [0.25, 0.3) is 0 Å².